The lowest BCUT2D eigenvalue weighted by Crippen LogP contribution is -2.48. The molecule has 0 bridgehead atoms. The summed E-state index contributed by atoms with van der Waals surface area (Å²) in [6, 6.07) is 0.158. The first-order chi connectivity index (χ1) is 6.49. The van der Waals surface area contributed by atoms with E-state index in [1.165, 1.54) is 0 Å². The largest absolute Gasteiger partial charge is 0.395 e. The third-order valence-electron chi connectivity index (χ3n) is 2.78. The number of aliphatic hydroxyl groups is 1. The molecule has 0 aromatic carbocycles. The SMILES string of the molecule is C[C@@H]1CCC[C@H](C)N1S(=O)(=O)CCO. The number of nitrogens with zero attached hydrogens (tertiary/aromatic N) is 1. The highest BCUT2D eigenvalue weighted by Gasteiger charge is 2.33. The number of rotatable bonds is 3. The molecule has 1 fully saturated rings. The molecule has 0 amide bonds. The Labute approximate surface area is 86.0 Å². The van der Waals surface area contributed by atoms with Crippen molar-refractivity contribution in [2.24, 2.45) is 0 Å². The van der Waals surface area contributed by atoms with E-state index < -0.39 is 10.0 Å². The molecular formula is C9H19NO3S. The molecule has 2 atom stereocenters. The molecule has 1 heterocycles. The van der Waals surface area contributed by atoms with Crippen LogP contribution in [0.25, 0.3) is 0 Å². The molecule has 1 aliphatic heterocycles. The minimum Gasteiger partial charge on any atom is -0.395 e. The Morgan fingerprint density at radius 3 is 2.21 bits per heavy atom. The topological polar surface area (TPSA) is 57.6 Å². The second-order valence-corrected chi connectivity index (χ2v) is 5.99. The molecule has 1 aliphatic rings. The van der Waals surface area contributed by atoms with Crippen molar-refractivity contribution in [2.45, 2.75) is 45.2 Å². The fraction of sp³-hybridized carbons (Fsp3) is 1.00. The molecule has 1 saturated heterocycles. The Balaban J connectivity index is 2.82. The third-order valence-corrected chi connectivity index (χ3v) is 4.84. The Bertz CT molecular complexity index is 266. The maximum absolute atomic E-state index is 11.8. The zero-order valence-electron chi connectivity index (χ0n) is 8.81. The first-order valence-electron chi connectivity index (χ1n) is 5.11. The Morgan fingerprint density at radius 1 is 1.29 bits per heavy atom. The zero-order chi connectivity index (χ0) is 10.8. The zero-order valence-corrected chi connectivity index (χ0v) is 9.63. The summed E-state index contributed by atoms with van der Waals surface area (Å²) in [5.41, 5.74) is 0. The van der Waals surface area contributed by atoms with Gasteiger partial charge in [0, 0.05) is 12.1 Å². The summed E-state index contributed by atoms with van der Waals surface area (Å²) in [6.45, 7) is 3.58. The monoisotopic (exact) mass is 221 g/mol. The summed E-state index contributed by atoms with van der Waals surface area (Å²) in [5, 5.41) is 8.70. The van der Waals surface area contributed by atoms with Crippen molar-refractivity contribution in [2.75, 3.05) is 12.4 Å². The predicted molar refractivity (Wildman–Crippen MR) is 55.5 cm³/mol. The second-order valence-electron chi connectivity index (χ2n) is 4.00. The molecule has 0 spiro atoms. The highest BCUT2D eigenvalue weighted by molar-refractivity contribution is 7.89. The average Bonchev–Trinajstić information content (AvgIpc) is 2.02. The lowest BCUT2D eigenvalue weighted by atomic mass is 10.0. The predicted octanol–water partition coefficient (Wildman–Crippen LogP) is 0.571. The molecule has 0 radical (unpaired) electrons. The maximum Gasteiger partial charge on any atom is 0.216 e. The van der Waals surface area contributed by atoms with E-state index in [1.54, 1.807) is 4.31 Å². The standard InChI is InChI=1S/C9H19NO3S/c1-8-4-3-5-9(2)10(8)14(12,13)7-6-11/h8-9,11H,3-7H2,1-2H3/t8-,9+. The Morgan fingerprint density at radius 2 is 1.79 bits per heavy atom. The van der Waals surface area contributed by atoms with Crippen LogP contribution < -0.4 is 0 Å². The smallest absolute Gasteiger partial charge is 0.216 e. The summed E-state index contributed by atoms with van der Waals surface area (Å²) in [6.07, 6.45) is 2.94. The van der Waals surface area contributed by atoms with Gasteiger partial charge < -0.3 is 5.11 Å². The molecule has 1 rings (SSSR count). The minimum absolute atomic E-state index is 0.0790. The normalized spacial score (nSPS) is 30.5. The molecule has 14 heavy (non-hydrogen) atoms. The fourth-order valence-corrected chi connectivity index (χ4v) is 3.92. The van der Waals surface area contributed by atoms with Crippen molar-refractivity contribution < 1.29 is 13.5 Å². The van der Waals surface area contributed by atoms with Crippen LogP contribution in [0.3, 0.4) is 0 Å². The number of sulfonamides is 1. The van der Waals surface area contributed by atoms with Crippen LogP contribution in [0, 0.1) is 0 Å². The molecule has 0 saturated carbocycles. The van der Waals surface area contributed by atoms with Gasteiger partial charge in [0.15, 0.2) is 0 Å². The highest BCUT2D eigenvalue weighted by atomic mass is 32.2. The lowest BCUT2D eigenvalue weighted by Gasteiger charge is -2.37. The van der Waals surface area contributed by atoms with Crippen molar-refractivity contribution in [1.82, 2.24) is 4.31 Å². The second kappa shape index (κ2) is 4.59. The van der Waals surface area contributed by atoms with E-state index in [2.05, 4.69) is 0 Å². The van der Waals surface area contributed by atoms with Gasteiger partial charge in [-0.25, -0.2) is 8.42 Å². The van der Waals surface area contributed by atoms with Crippen molar-refractivity contribution in [3.8, 4) is 0 Å². The van der Waals surface area contributed by atoms with Crippen LogP contribution in [0.1, 0.15) is 33.1 Å². The number of hydrogen-bond acceptors (Lipinski definition) is 3. The van der Waals surface area contributed by atoms with E-state index in [4.69, 9.17) is 5.11 Å². The first kappa shape index (κ1) is 11.9. The van der Waals surface area contributed by atoms with Gasteiger partial charge in [0.1, 0.15) is 0 Å². The van der Waals surface area contributed by atoms with E-state index in [9.17, 15) is 8.42 Å². The van der Waals surface area contributed by atoms with Gasteiger partial charge in [0.25, 0.3) is 0 Å². The molecule has 1 N–H and O–H groups in total. The van der Waals surface area contributed by atoms with E-state index >= 15 is 0 Å². The first-order valence-corrected chi connectivity index (χ1v) is 6.72. The molecule has 0 unspecified atom stereocenters. The average molecular weight is 221 g/mol. The van der Waals surface area contributed by atoms with Crippen LogP contribution in [0.4, 0.5) is 0 Å². The van der Waals surface area contributed by atoms with Crippen molar-refractivity contribution >= 4 is 10.0 Å². The van der Waals surface area contributed by atoms with Crippen LogP contribution in [0.5, 0.6) is 0 Å². The number of hydrogen-bond donors (Lipinski definition) is 1. The Kier molecular flexibility index (Phi) is 3.92. The molecule has 0 aromatic rings. The summed E-state index contributed by atoms with van der Waals surface area (Å²) < 4.78 is 25.1. The van der Waals surface area contributed by atoms with Crippen molar-refractivity contribution in [3.63, 3.8) is 0 Å². The molecule has 4 nitrogen and oxygen atoms in total. The number of aliphatic hydroxyl groups excluding tert-OH is 1. The van der Waals surface area contributed by atoms with Gasteiger partial charge in [0.2, 0.25) is 10.0 Å². The van der Waals surface area contributed by atoms with Gasteiger partial charge in [-0.15, -0.1) is 0 Å². The summed E-state index contributed by atoms with van der Waals surface area (Å²) in [7, 11) is -3.25. The van der Waals surface area contributed by atoms with Gasteiger partial charge in [-0.3, -0.25) is 0 Å². The third kappa shape index (κ3) is 2.46. The summed E-state index contributed by atoms with van der Waals surface area (Å²) in [4.78, 5) is 0. The Hall–Kier alpha value is -0.130. The van der Waals surface area contributed by atoms with Gasteiger partial charge in [-0.1, -0.05) is 6.42 Å². The van der Waals surface area contributed by atoms with Crippen molar-refractivity contribution in [1.29, 1.82) is 0 Å². The van der Waals surface area contributed by atoms with Gasteiger partial charge >= 0.3 is 0 Å². The van der Waals surface area contributed by atoms with E-state index in [-0.39, 0.29) is 24.4 Å². The number of piperidine rings is 1. The van der Waals surface area contributed by atoms with Crippen LogP contribution >= 0.6 is 0 Å². The van der Waals surface area contributed by atoms with Crippen LogP contribution in [0.15, 0.2) is 0 Å². The maximum atomic E-state index is 11.8. The molecule has 0 aliphatic carbocycles. The van der Waals surface area contributed by atoms with E-state index in [1.807, 2.05) is 13.8 Å². The van der Waals surface area contributed by atoms with Gasteiger partial charge in [-0.05, 0) is 26.7 Å². The van der Waals surface area contributed by atoms with Crippen molar-refractivity contribution in [3.05, 3.63) is 0 Å². The fourth-order valence-electron chi connectivity index (χ4n) is 2.17. The highest BCUT2D eigenvalue weighted by Crippen LogP contribution is 2.25. The minimum atomic E-state index is -3.25. The molecular weight excluding hydrogens is 202 g/mol. The van der Waals surface area contributed by atoms with Crippen LogP contribution in [-0.4, -0.2) is 42.3 Å². The molecule has 5 heteroatoms. The summed E-state index contributed by atoms with van der Waals surface area (Å²) in [5.74, 6) is -0.151. The van der Waals surface area contributed by atoms with Gasteiger partial charge in [-0.2, -0.15) is 4.31 Å². The van der Waals surface area contributed by atoms with Crippen LogP contribution in [0.2, 0.25) is 0 Å². The van der Waals surface area contributed by atoms with Crippen LogP contribution in [-0.2, 0) is 10.0 Å². The summed E-state index contributed by atoms with van der Waals surface area (Å²) >= 11 is 0. The quantitative estimate of drug-likeness (QED) is 0.758. The lowest BCUT2D eigenvalue weighted by molar-refractivity contribution is 0.202. The molecule has 0 aromatic heterocycles. The molecule has 84 valence electrons. The van der Waals surface area contributed by atoms with Gasteiger partial charge in [0.05, 0.1) is 12.4 Å². The van der Waals surface area contributed by atoms with E-state index in [0.717, 1.165) is 19.3 Å². The van der Waals surface area contributed by atoms with E-state index in [0.29, 0.717) is 0 Å².